The highest BCUT2D eigenvalue weighted by Crippen LogP contribution is 2.19. The lowest BCUT2D eigenvalue weighted by atomic mass is 9.98. The molecule has 1 rings (SSSR count). The summed E-state index contributed by atoms with van der Waals surface area (Å²) in [4.78, 5) is 17.0. The fraction of sp³-hybridized carbons (Fsp3) is 0.867. The third-order valence-corrected chi connectivity index (χ3v) is 3.80. The van der Waals surface area contributed by atoms with Crippen LogP contribution < -0.4 is 5.32 Å². The minimum absolute atomic E-state index is 0.142. The van der Waals surface area contributed by atoms with Crippen molar-refractivity contribution in [2.75, 3.05) is 39.3 Å². The van der Waals surface area contributed by atoms with Gasteiger partial charge in [0.25, 0.3) is 0 Å². The topological polar surface area (TPSA) is 59.4 Å². The fourth-order valence-electron chi connectivity index (χ4n) is 2.65. The number of amides is 1. The van der Waals surface area contributed by atoms with Gasteiger partial charge in [0.05, 0.1) is 18.0 Å². The summed E-state index contributed by atoms with van der Waals surface area (Å²) in [5, 5.41) is 12.1. The van der Waals surface area contributed by atoms with Crippen molar-refractivity contribution in [1.82, 2.24) is 15.1 Å². The van der Waals surface area contributed by atoms with Crippen LogP contribution in [0, 0.1) is 17.2 Å². The maximum atomic E-state index is 12.9. The van der Waals surface area contributed by atoms with Gasteiger partial charge in [0.1, 0.15) is 0 Å². The Morgan fingerprint density at radius 1 is 1.40 bits per heavy atom. The second kappa shape index (κ2) is 7.61. The molecule has 1 saturated heterocycles. The minimum atomic E-state index is -0.494. The molecule has 1 aliphatic heterocycles. The predicted octanol–water partition coefficient (Wildman–Crippen LogP) is 1.07. The molecular weight excluding hydrogens is 252 g/mol. The van der Waals surface area contributed by atoms with Crippen LogP contribution in [0.4, 0.5) is 0 Å². The lowest BCUT2D eigenvalue weighted by molar-refractivity contribution is -0.143. The van der Waals surface area contributed by atoms with Crippen LogP contribution in [-0.4, -0.2) is 60.5 Å². The Morgan fingerprint density at radius 3 is 2.50 bits per heavy atom. The molecule has 0 atom stereocenters. The molecule has 0 bridgehead atoms. The first-order valence-electron chi connectivity index (χ1n) is 7.51. The van der Waals surface area contributed by atoms with Gasteiger partial charge < -0.3 is 10.2 Å². The SMILES string of the molecule is CC(C)CN(CCC#N)C(=O)C(C)(C)N1CCNCC1. The van der Waals surface area contributed by atoms with Gasteiger partial charge in [0, 0.05) is 39.3 Å². The van der Waals surface area contributed by atoms with E-state index < -0.39 is 5.54 Å². The number of carbonyl (C=O) groups is 1. The van der Waals surface area contributed by atoms with Crippen molar-refractivity contribution in [3.8, 4) is 6.07 Å². The summed E-state index contributed by atoms with van der Waals surface area (Å²) in [6.45, 7) is 13.1. The molecule has 1 N–H and O–H groups in total. The lowest BCUT2D eigenvalue weighted by Crippen LogP contribution is -2.61. The highest BCUT2D eigenvalue weighted by molar-refractivity contribution is 5.85. The van der Waals surface area contributed by atoms with Gasteiger partial charge in [0.2, 0.25) is 5.91 Å². The molecule has 0 aliphatic carbocycles. The van der Waals surface area contributed by atoms with Gasteiger partial charge in [-0.1, -0.05) is 13.8 Å². The lowest BCUT2D eigenvalue weighted by Gasteiger charge is -2.42. The van der Waals surface area contributed by atoms with Crippen LogP contribution in [-0.2, 0) is 4.79 Å². The van der Waals surface area contributed by atoms with E-state index in [1.807, 2.05) is 18.7 Å². The summed E-state index contributed by atoms with van der Waals surface area (Å²) in [6, 6.07) is 2.14. The molecule has 5 nitrogen and oxygen atoms in total. The summed E-state index contributed by atoms with van der Waals surface area (Å²) in [6.07, 6.45) is 0.399. The molecule has 0 unspecified atom stereocenters. The van der Waals surface area contributed by atoms with Crippen molar-refractivity contribution in [1.29, 1.82) is 5.26 Å². The third-order valence-electron chi connectivity index (χ3n) is 3.80. The summed E-state index contributed by atoms with van der Waals surface area (Å²) in [5.74, 6) is 0.555. The molecule has 1 aliphatic rings. The monoisotopic (exact) mass is 280 g/mol. The van der Waals surface area contributed by atoms with Crippen molar-refractivity contribution in [3.63, 3.8) is 0 Å². The van der Waals surface area contributed by atoms with Crippen molar-refractivity contribution in [3.05, 3.63) is 0 Å². The van der Waals surface area contributed by atoms with Crippen molar-refractivity contribution in [2.24, 2.45) is 5.92 Å². The van der Waals surface area contributed by atoms with Crippen molar-refractivity contribution >= 4 is 5.91 Å². The fourth-order valence-corrected chi connectivity index (χ4v) is 2.65. The van der Waals surface area contributed by atoms with Gasteiger partial charge in [-0.3, -0.25) is 9.69 Å². The van der Waals surface area contributed by atoms with Crippen LogP contribution in [0.3, 0.4) is 0 Å². The first-order valence-corrected chi connectivity index (χ1v) is 7.51. The first-order chi connectivity index (χ1) is 9.39. The highest BCUT2D eigenvalue weighted by Gasteiger charge is 2.38. The quantitative estimate of drug-likeness (QED) is 0.790. The van der Waals surface area contributed by atoms with E-state index in [9.17, 15) is 4.79 Å². The van der Waals surface area contributed by atoms with E-state index in [1.54, 1.807) is 0 Å². The number of piperazine rings is 1. The number of nitrogens with one attached hydrogen (secondary N) is 1. The van der Waals surface area contributed by atoms with Gasteiger partial charge in [-0.15, -0.1) is 0 Å². The Labute approximate surface area is 122 Å². The van der Waals surface area contributed by atoms with Crippen LogP contribution in [0.2, 0.25) is 0 Å². The second-order valence-electron chi connectivity index (χ2n) is 6.35. The predicted molar refractivity (Wildman–Crippen MR) is 80.2 cm³/mol. The number of nitrogens with zero attached hydrogens (tertiary/aromatic N) is 3. The molecule has 1 fully saturated rings. The molecule has 114 valence electrons. The molecule has 1 heterocycles. The molecule has 0 aromatic carbocycles. The maximum absolute atomic E-state index is 12.9. The van der Waals surface area contributed by atoms with E-state index in [1.165, 1.54) is 0 Å². The second-order valence-corrected chi connectivity index (χ2v) is 6.35. The first kappa shape index (κ1) is 16.9. The van der Waals surface area contributed by atoms with Gasteiger partial charge >= 0.3 is 0 Å². The average molecular weight is 280 g/mol. The maximum Gasteiger partial charge on any atom is 0.242 e. The number of hydrogen-bond donors (Lipinski definition) is 1. The van der Waals surface area contributed by atoms with Gasteiger partial charge in [0.15, 0.2) is 0 Å². The van der Waals surface area contributed by atoms with E-state index in [-0.39, 0.29) is 5.91 Å². The minimum Gasteiger partial charge on any atom is -0.340 e. The molecule has 5 heteroatoms. The molecule has 0 aromatic heterocycles. The van der Waals surface area contributed by atoms with Gasteiger partial charge in [-0.25, -0.2) is 0 Å². The molecule has 0 saturated carbocycles. The average Bonchev–Trinajstić information content (AvgIpc) is 2.43. The standard InChI is InChI=1S/C15H28N4O/c1-13(2)12-18(9-5-6-16)14(20)15(3,4)19-10-7-17-8-11-19/h13,17H,5,7-12H2,1-4H3. The third kappa shape index (κ3) is 4.46. The molecule has 20 heavy (non-hydrogen) atoms. The molecular formula is C15H28N4O. The van der Waals surface area contributed by atoms with E-state index in [2.05, 4.69) is 30.1 Å². The number of rotatable bonds is 6. The highest BCUT2D eigenvalue weighted by atomic mass is 16.2. The van der Waals surface area contributed by atoms with Crippen LogP contribution in [0.25, 0.3) is 0 Å². The van der Waals surface area contributed by atoms with Crippen LogP contribution in [0.15, 0.2) is 0 Å². The number of nitriles is 1. The molecule has 1 amide bonds. The Balaban J connectivity index is 2.76. The van der Waals surface area contributed by atoms with E-state index in [0.717, 1.165) is 32.7 Å². The van der Waals surface area contributed by atoms with Gasteiger partial charge in [-0.2, -0.15) is 5.26 Å². The van der Waals surface area contributed by atoms with Crippen LogP contribution >= 0.6 is 0 Å². The van der Waals surface area contributed by atoms with Crippen molar-refractivity contribution in [2.45, 2.75) is 39.7 Å². The Kier molecular flexibility index (Phi) is 6.44. The zero-order valence-corrected chi connectivity index (χ0v) is 13.3. The van der Waals surface area contributed by atoms with Crippen LogP contribution in [0.5, 0.6) is 0 Å². The zero-order chi connectivity index (χ0) is 15.2. The normalized spacial score (nSPS) is 17.0. The molecule has 0 radical (unpaired) electrons. The van der Waals surface area contributed by atoms with Crippen molar-refractivity contribution < 1.29 is 4.79 Å². The number of carbonyl (C=O) groups excluding carboxylic acids is 1. The summed E-state index contributed by atoms with van der Waals surface area (Å²) < 4.78 is 0. The van der Waals surface area contributed by atoms with E-state index in [0.29, 0.717) is 18.9 Å². The largest absolute Gasteiger partial charge is 0.340 e. The Morgan fingerprint density at radius 2 is 2.00 bits per heavy atom. The molecule has 0 aromatic rings. The van der Waals surface area contributed by atoms with E-state index in [4.69, 9.17) is 5.26 Å². The smallest absolute Gasteiger partial charge is 0.242 e. The number of hydrogen-bond acceptors (Lipinski definition) is 4. The summed E-state index contributed by atoms with van der Waals surface area (Å²) in [5.41, 5.74) is -0.494. The van der Waals surface area contributed by atoms with E-state index >= 15 is 0 Å². The zero-order valence-electron chi connectivity index (χ0n) is 13.3. The Bertz CT molecular complexity index is 353. The van der Waals surface area contributed by atoms with Gasteiger partial charge in [-0.05, 0) is 19.8 Å². The molecule has 0 spiro atoms. The summed E-state index contributed by atoms with van der Waals surface area (Å²) >= 11 is 0. The Hall–Kier alpha value is -1.12. The van der Waals surface area contributed by atoms with Crippen LogP contribution in [0.1, 0.15) is 34.1 Å². The summed E-state index contributed by atoms with van der Waals surface area (Å²) in [7, 11) is 0.